The molecule has 3 aromatic rings. The Hall–Kier alpha value is -2.06. The van der Waals surface area contributed by atoms with E-state index in [1.54, 1.807) is 6.07 Å². The maximum Gasteiger partial charge on any atom is 0.236 e. The lowest BCUT2D eigenvalue weighted by atomic mass is 10.2. The molecule has 0 atom stereocenters. The van der Waals surface area contributed by atoms with E-state index < -0.39 is 0 Å². The van der Waals surface area contributed by atoms with Crippen LogP contribution in [-0.4, -0.2) is 26.6 Å². The molecule has 24 heavy (non-hydrogen) atoms. The average Bonchev–Trinajstić information content (AvgIpc) is 2.91. The number of thioether (sulfide) groups is 1. The number of rotatable bonds is 4. The molecule has 1 amide bonds. The summed E-state index contributed by atoms with van der Waals surface area (Å²) in [4.78, 5) is 25.1. The quantitative estimate of drug-likeness (QED) is 0.563. The summed E-state index contributed by atoms with van der Waals surface area (Å²) in [7, 11) is 0. The first-order chi connectivity index (χ1) is 11.4. The van der Waals surface area contributed by atoms with Gasteiger partial charge in [0.05, 0.1) is 16.0 Å². The van der Waals surface area contributed by atoms with Crippen LogP contribution in [0.3, 0.4) is 0 Å². The fourth-order valence-corrected chi connectivity index (χ4v) is 3.69. The van der Waals surface area contributed by atoms with Gasteiger partial charge < -0.3 is 5.32 Å². The molecule has 5 nitrogen and oxygen atoms in total. The van der Waals surface area contributed by atoms with Crippen molar-refractivity contribution in [2.45, 2.75) is 25.9 Å². The number of carbonyl (C=O) groups excluding carboxylic acids is 1. The predicted octanol–water partition coefficient (Wildman–Crippen LogP) is 3.88. The second-order valence-electron chi connectivity index (χ2n) is 5.27. The Balaban J connectivity index is 1.64. The van der Waals surface area contributed by atoms with Gasteiger partial charge in [0, 0.05) is 11.4 Å². The van der Waals surface area contributed by atoms with Gasteiger partial charge in [0.2, 0.25) is 5.91 Å². The molecule has 0 unspecified atom stereocenters. The highest BCUT2D eigenvalue weighted by atomic mass is 32.2. The van der Waals surface area contributed by atoms with Gasteiger partial charge in [-0.3, -0.25) is 4.79 Å². The molecule has 124 valence electrons. The molecule has 0 spiro atoms. The van der Waals surface area contributed by atoms with Gasteiger partial charge in [-0.25, -0.2) is 19.3 Å². The fourth-order valence-electron chi connectivity index (χ4n) is 2.04. The van der Waals surface area contributed by atoms with Crippen molar-refractivity contribution in [2.24, 2.45) is 0 Å². The van der Waals surface area contributed by atoms with Crippen molar-refractivity contribution >= 4 is 44.4 Å². The van der Waals surface area contributed by atoms with Crippen molar-refractivity contribution < 1.29 is 9.18 Å². The topological polar surface area (TPSA) is 67.8 Å². The molecule has 0 saturated carbocycles. The molecule has 0 bridgehead atoms. The molecule has 0 radical (unpaired) electrons. The van der Waals surface area contributed by atoms with Crippen molar-refractivity contribution in [1.29, 1.82) is 0 Å². The molecule has 0 saturated heterocycles. The van der Waals surface area contributed by atoms with Crippen molar-refractivity contribution in [2.75, 3.05) is 11.1 Å². The summed E-state index contributed by atoms with van der Waals surface area (Å²) >= 11 is 2.52. The number of fused-ring (bicyclic) bond motifs is 1. The first-order valence-electron chi connectivity index (χ1n) is 7.23. The summed E-state index contributed by atoms with van der Waals surface area (Å²) in [5, 5.41) is 3.77. The number of halogens is 1. The molecule has 8 heteroatoms. The molecule has 1 N–H and O–H groups in total. The monoisotopic (exact) mass is 362 g/mol. The predicted molar refractivity (Wildman–Crippen MR) is 95.2 cm³/mol. The zero-order valence-electron chi connectivity index (χ0n) is 13.4. The first kappa shape index (κ1) is 16.8. The Morgan fingerprint density at radius 3 is 2.62 bits per heavy atom. The van der Waals surface area contributed by atoms with Crippen LogP contribution in [0.2, 0.25) is 0 Å². The Bertz CT molecular complexity index is 903. The van der Waals surface area contributed by atoms with Gasteiger partial charge >= 0.3 is 0 Å². The molecule has 2 aromatic heterocycles. The number of carbonyl (C=O) groups is 1. The maximum atomic E-state index is 13.2. The number of hydrogen-bond donors (Lipinski definition) is 1. The molecule has 0 aliphatic rings. The lowest BCUT2D eigenvalue weighted by Crippen LogP contribution is -2.14. The van der Waals surface area contributed by atoms with E-state index in [1.165, 1.54) is 35.2 Å². The van der Waals surface area contributed by atoms with Crippen LogP contribution in [0.5, 0.6) is 0 Å². The number of nitrogens with one attached hydrogen (secondary N) is 1. The number of thiazole rings is 1. The van der Waals surface area contributed by atoms with Crippen LogP contribution in [-0.2, 0) is 4.79 Å². The minimum atomic E-state index is -0.318. The van der Waals surface area contributed by atoms with E-state index in [9.17, 15) is 9.18 Å². The van der Waals surface area contributed by atoms with E-state index in [1.807, 2.05) is 20.8 Å². The Morgan fingerprint density at radius 2 is 1.92 bits per heavy atom. The summed E-state index contributed by atoms with van der Waals surface area (Å²) < 4.78 is 13.9. The van der Waals surface area contributed by atoms with Gasteiger partial charge in [-0.1, -0.05) is 23.1 Å². The van der Waals surface area contributed by atoms with Crippen molar-refractivity contribution in [3.8, 4) is 0 Å². The maximum absolute atomic E-state index is 13.2. The van der Waals surface area contributed by atoms with Crippen LogP contribution in [0.15, 0.2) is 23.4 Å². The Kier molecular flexibility index (Phi) is 4.77. The summed E-state index contributed by atoms with van der Waals surface area (Å²) in [5.41, 5.74) is 3.56. The standard InChI is InChI=1S/C16H15FN4OS2/c1-8-9(2)18-15(19-10(8)3)23-7-14(22)21-16-20-12-5-4-11(17)6-13(12)24-16/h4-6H,7H2,1-3H3,(H,20,21,22). The summed E-state index contributed by atoms with van der Waals surface area (Å²) in [6.07, 6.45) is 0. The largest absolute Gasteiger partial charge is 0.301 e. The van der Waals surface area contributed by atoms with Gasteiger partial charge in [-0.2, -0.15) is 0 Å². The molecule has 0 aliphatic carbocycles. The highest BCUT2D eigenvalue weighted by molar-refractivity contribution is 7.99. The van der Waals surface area contributed by atoms with E-state index in [4.69, 9.17) is 0 Å². The van der Waals surface area contributed by atoms with Gasteiger partial charge in [0.1, 0.15) is 5.82 Å². The van der Waals surface area contributed by atoms with E-state index in [0.717, 1.165) is 17.0 Å². The van der Waals surface area contributed by atoms with Crippen molar-refractivity contribution in [3.63, 3.8) is 0 Å². The summed E-state index contributed by atoms with van der Waals surface area (Å²) in [5.74, 6) is -0.326. The van der Waals surface area contributed by atoms with Crippen LogP contribution in [0, 0.1) is 26.6 Å². The Labute approximate surface area is 146 Å². The van der Waals surface area contributed by atoms with E-state index in [-0.39, 0.29) is 17.5 Å². The number of benzene rings is 1. The zero-order chi connectivity index (χ0) is 17.3. The number of amides is 1. The molecule has 2 heterocycles. The third-order valence-corrected chi connectivity index (χ3v) is 5.32. The third-order valence-electron chi connectivity index (χ3n) is 3.54. The smallest absolute Gasteiger partial charge is 0.236 e. The zero-order valence-corrected chi connectivity index (χ0v) is 15.0. The van der Waals surface area contributed by atoms with Crippen LogP contribution in [0.4, 0.5) is 9.52 Å². The van der Waals surface area contributed by atoms with E-state index in [0.29, 0.717) is 20.5 Å². The molecule has 3 rings (SSSR count). The normalized spacial score (nSPS) is 11.0. The summed E-state index contributed by atoms with van der Waals surface area (Å²) in [6, 6.07) is 4.35. The van der Waals surface area contributed by atoms with Crippen LogP contribution < -0.4 is 5.32 Å². The number of aromatic nitrogens is 3. The van der Waals surface area contributed by atoms with Gasteiger partial charge in [-0.15, -0.1) is 0 Å². The van der Waals surface area contributed by atoms with Crippen LogP contribution in [0.25, 0.3) is 10.2 Å². The number of nitrogens with zero attached hydrogens (tertiary/aromatic N) is 3. The summed E-state index contributed by atoms with van der Waals surface area (Å²) in [6.45, 7) is 5.82. The van der Waals surface area contributed by atoms with Gasteiger partial charge in [-0.05, 0) is 44.5 Å². The lowest BCUT2D eigenvalue weighted by molar-refractivity contribution is -0.113. The fraction of sp³-hybridized carbons (Fsp3) is 0.250. The Morgan fingerprint density at radius 1 is 1.21 bits per heavy atom. The number of anilines is 1. The highest BCUT2D eigenvalue weighted by Gasteiger charge is 2.11. The minimum Gasteiger partial charge on any atom is -0.301 e. The SMILES string of the molecule is Cc1nc(SCC(=O)Nc2nc3ccc(F)cc3s2)nc(C)c1C. The average molecular weight is 362 g/mol. The molecule has 1 aromatic carbocycles. The van der Waals surface area contributed by atoms with E-state index in [2.05, 4.69) is 20.3 Å². The third kappa shape index (κ3) is 3.70. The van der Waals surface area contributed by atoms with Crippen molar-refractivity contribution in [1.82, 2.24) is 15.0 Å². The highest BCUT2D eigenvalue weighted by Crippen LogP contribution is 2.26. The van der Waals surface area contributed by atoms with Crippen LogP contribution >= 0.6 is 23.1 Å². The van der Waals surface area contributed by atoms with E-state index >= 15 is 0 Å². The molecule has 0 aliphatic heterocycles. The number of aryl methyl sites for hydroxylation is 2. The molecular weight excluding hydrogens is 347 g/mol. The molecular formula is C16H15FN4OS2. The second-order valence-corrected chi connectivity index (χ2v) is 7.24. The van der Waals surface area contributed by atoms with Crippen LogP contribution in [0.1, 0.15) is 17.0 Å². The molecule has 0 fully saturated rings. The van der Waals surface area contributed by atoms with Crippen molar-refractivity contribution in [3.05, 3.63) is 41.0 Å². The lowest BCUT2D eigenvalue weighted by Gasteiger charge is -2.06. The van der Waals surface area contributed by atoms with Gasteiger partial charge in [0.15, 0.2) is 10.3 Å². The van der Waals surface area contributed by atoms with Gasteiger partial charge in [0.25, 0.3) is 0 Å². The minimum absolute atomic E-state index is 0.187. The second kappa shape index (κ2) is 6.82. The number of hydrogen-bond acceptors (Lipinski definition) is 6. The first-order valence-corrected chi connectivity index (χ1v) is 9.03.